The van der Waals surface area contributed by atoms with E-state index in [-0.39, 0.29) is 37.2 Å². The maximum Gasteiger partial charge on any atom is 0.325 e. The SMILES string of the molecule is CC(=O)C(CC1CCC1)NC(=O)C1CCCN1C(=O)C(NC(=O)NCC(=O)OCc1ccccc1)C(C)(C)C.CC1CCCC1.CCC.NC=O. The third-order valence-electron chi connectivity index (χ3n) is 9.11. The number of carbonyl (C=O) groups excluding carboxylic acids is 6. The summed E-state index contributed by atoms with van der Waals surface area (Å²) in [7, 11) is 0. The summed E-state index contributed by atoms with van der Waals surface area (Å²) < 4.78 is 5.18. The first-order valence-corrected chi connectivity index (χ1v) is 18.7. The van der Waals surface area contributed by atoms with Gasteiger partial charge in [0, 0.05) is 6.54 Å². The Morgan fingerprint density at radius 2 is 1.53 bits per heavy atom. The summed E-state index contributed by atoms with van der Waals surface area (Å²) in [5, 5.41) is 8.03. The van der Waals surface area contributed by atoms with Gasteiger partial charge in [0.05, 0.1) is 6.04 Å². The second-order valence-electron chi connectivity index (χ2n) is 14.9. The van der Waals surface area contributed by atoms with Crippen molar-refractivity contribution < 1.29 is 33.5 Å². The molecule has 5 amide bonds. The Morgan fingerprint density at radius 3 is 2.00 bits per heavy atom. The standard InChI is InChI=1S/C29H42N4O6.C6H12.C3H8.CH3NO/c1-19(34)22(16-20-12-8-13-20)31-26(36)23-14-9-15-33(23)27(37)25(29(2,3)4)32-28(38)30-17-24(35)39-18-21-10-6-5-7-11-21;1-6-4-2-3-5-6;1-3-2;2-1-3/h5-7,10-11,20,22-23,25H,8-9,12-18H2,1-4H3,(H,31,36)(H2,30,32,38);6H,2-5H2,1H3;3H2,1-2H3;1H,(H2,2,3). The van der Waals surface area contributed by atoms with Gasteiger partial charge in [-0.3, -0.25) is 24.0 Å². The zero-order valence-electron chi connectivity index (χ0n) is 32.1. The minimum atomic E-state index is -0.940. The Hall–Kier alpha value is -3.96. The minimum Gasteiger partial charge on any atom is -0.460 e. The van der Waals surface area contributed by atoms with Crippen molar-refractivity contribution in [3.8, 4) is 0 Å². The van der Waals surface area contributed by atoms with Crippen LogP contribution < -0.4 is 21.7 Å². The fourth-order valence-corrected chi connectivity index (χ4v) is 6.03. The third kappa shape index (κ3) is 17.7. The molecular weight excluding hydrogens is 650 g/mol. The van der Waals surface area contributed by atoms with Gasteiger partial charge in [0.15, 0.2) is 5.78 Å². The molecule has 288 valence electrons. The molecule has 1 saturated heterocycles. The van der Waals surface area contributed by atoms with E-state index in [1.807, 2.05) is 51.1 Å². The predicted octanol–water partition coefficient (Wildman–Crippen LogP) is 5.41. The number of hydrogen-bond donors (Lipinski definition) is 4. The summed E-state index contributed by atoms with van der Waals surface area (Å²) in [6.45, 7) is 13.6. The molecule has 2 aliphatic carbocycles. The van der Waals surface area contributed by atoms with E-state index in [4.69, 9.17) is 9.53 Å². The van der Waals surface area contributed by atoms with Crippen molar-refractivity contribution in [3.05, 3.63) is 35.9 Å². The van der Waals surface area contributed by atoms with Gasteiger partial charge >= 0.3 is 12.0 Å². The Kier molecular flexibility index (Phi) is 21.4. The summed E-state index contributed by atoms with van der Waals surface area (Å²) >= 11 is 0. The summed E-state index contributed by atoms with van der Waals surface area (Å²) in [4.78, 5) is 73.8. The van der Waals surface area contributed by atoms with Crippen LogP contribution in [0.4, 0.5) is 4.79 Å². The quantitative estimate of drug-likeness (QED) is 0.175. The molecule has 1 aliphatic heterocycles. The van der Waals surface area contributed by atoms with Crippen LogP contribution in [0, 0.1) is 17.3 Å². The highest BCUT2D eigenvalue weighted by atomic mass is 16.5. The van der Waals surface area contributed by atoms with Gasteiger partial charge in [-0.05, 0) is 49.0 Å². The van der Waals surface area contributed by atoms with Crippen molar-refractivity contribution >= 4 is 36.0 Å². The molecule has 0 bridgehead atoms. The molecule has 1 aromatic carbocycles. The number of Topliss-reactive ketones (excluding diaryl/α,β-unsaturated/α-hetero) is 1. The fourth-order valence-electron chi connectivity index (χ4n) is 6.03. The number of amides is 5. The second kappa shape index (κ2) is 24.3. The molecule has 5 N–H and O–H groups in total. The van der Waals surface area contributed by atoms with E-state index in [2.05, 4.69) is 42.5 Å². The Labute approximate surface area is 305 Å². The number of nitrogens with zero attached hydrogens (tertiary/aromatic N) is 1. The normalized spacial score (nSPS) is 18.0. The average molecular weight is 716 g/mol. The topological polar surface area (TPSA) is 177 Å². The lowest BCUT2D eigenvalue weighted by Gasteiger charge is -2.36. The molecule has 0 radical (unpaired) electrons. The molecule has 3 atom stereocenters. The van der Waals surface area contributed by atoms with Crippen LogP contribution in [0.5, 0.6) is 0 Å². The monoisotopic (exact) mass is 715 g/mol. The molecule has 12 heteroatoms. The summed E-state index contributed by atoms with van der Waals surface area (Å²) in [5.74, 6) is 0.0956. The number of primary amides is 1. The first-order chi connectivity index (χ1) is 24.2. The van der Waals surface area contributed by atoms with Gasteiger partial charge in [0.2, 0.25) is 18.2 Å². The van der Waals surface area contributed by atoms with Crippen LogP contribution in [0.25, 0.3) is 0 Å². The van der Waals surface area contributed by atoms with Gasteiger partial charge in [-0.2, -0.15) is 0 Å². The van der Waals surface area contributed by atoms with Gasteiger partial charge in [-0.25, -0.2) is 4.79 Å². The molecule has 0 spiro atoms. The predicted molar refractivity (Wildman–Crippen MR) is 199 cm³/mol. The molecule has 1 aromatic rings. The molecule has 4 rings (SSSR count). The maximum absolute atomic E-state index is 13.6. The Bertz CT molecular complexity index is 1210. The van der Waals surface area contributed by atoms with E-state index >= 15 is 0 Å². The van der Waals surface area contributed by atoms with Crippen molar-refractivity contribution in [2.24, 2.45) is 23.0 Å². The van der Waals surface area contributed by atoms with Crippen LogP contribution in [0.1, 0.15) is 125 Å². The molecule has 12 nitrogen and oxygen atoms in total. The van der Waals surface area contributed by atoms with E-state index in [0.717, 1.165) is 30.7 Å². The van der Waals surface area contributed by atoms with E-state index in [9.17, 15) is 24.0 Å². The summed E-state index contributed by atoms with van der Waals surface area (Å²) in [5.41, 5.74) is 4.33. The number of likely N-dealkylation sites (tertiary alicyclic amines) is 1. The summed E-state index contributed by atoms with van der Waals surface area (Å²) in [6, 6.07) is 6.31. The van der Waals surface area contributed by atoms with E-state index in [1.54, 1.807) is 0 Å². The number of rotatable bonds is 11. The smallest absolute Gasteiger partial charge is 0.325 e. The minimum absolute atomic E-state index is 0.0840. The highest BCUT2D eigenvalue weighted by molar-refractivity contribution is 5.95. The van der Waals surface area contributed by atoms with Gasteiger partial charge in [-0.1, -0.05) is 123 Å². The number of hydrogen-bond acceptors (Lipinski definition) is 7. The lowest BCUT2D eigenvalue weighted by atomic mass is 9.80. The molecule has 51 heavy (non-hydrogen) atoms. The van der Waals surface area contributed by atoms with Gasteiger partial charge in [-0.15, -0.1) is 0 Å². The molecule has 2 saturated carbocycles. The first kappa shape index (κ1) is 45.1. The van der Waals surface area contributed by atoms with Crippen LogP contribution in [0.2, 0.25) is 0 Å². The molecule has 3 fully saturated rings. The zero-order chi connectivity index (χ0) is 38.4. The van der Waals surface area contributed by atoms with E-state index in [1.165, 1.54) is 43.9 Å². The van der Waals surface area contributed by atoms with Gasteiger partial charge in [0.25, 0.3) is 0 Å². The first-order valence-electron chi connectivity index (χ1n) is 18.7. The van der Waals surface area contributed by atoms with Crippen LogP contribution in [-0.4, -0.2) is 72.1 Å². The summed E-state index contributed by atoms with van der Waals surface area (Å²) in [6.07, 6.45) is 12.5. The number of nitrogens with two attached hydrogens (primary N) is 1. The molecule has 3 aliphatic rings. The molecule has 0 aromatic heterocycles. The van der Waals surface area contributed by atoms with Crippen LogP contribution in [0.3, 0.4) is 0 Å². The van der Waals surface area contributed by atoms with Crippen molar-refractivity contribution in [3.63, 3.8) is 0 Å². The number of esters is 1. The van der Waals surface area contributed by atoms with Crippen molar-refractivity contribution in [1.82, 2.24) is 20.9 Å². The number of urea groups is 1. The average Bonchev–Trinajstić information content (AvgIpc) is 3.75. The largest absolute Gasteiger partial charge is 0.460 e. The highest BCUT2D eigenvalue weighted by Crippen LogP contribution is 2.31. The van der Waals surface area contributed by atoms with Crippen LogP contribution in [-0.2, 0) is 35.3 Å². The highest BCUT2D eigenvalue weighted by Gasteiger charge is 2.42. The van der Waals surface area contributed by atoms with Crippen molar-refractivity contribution in [2.75, 3.05) is 13.1 Å². The number of benzene rings is 1. The molecule has 3 unspecified atom stereocenters. The van der Waals surface area contributed by atoms with Crippen LogP contribution >= 0.6 is 0 Å². The lowest BCUT2D eigenvalue weighted by Crippen LogP contribution is -2.60. The maximum atomic E-state index is 13.6. The Morgan fingerprint density at radius 1 is 0.941 bits per heavy atom. The number of nitrogens with one attached hydrogen (secondary N) is 3. The van der Waals surface area contributed by atoms with Crippen molar-refractivity contribution in [2.45, 2.75) is 144 Å². The molecule has 1 heterocycles. The third-order valence-corrected chi connectivity index (χ3v) is 9.11. The number of carbonyl (C=O) groups is 6. The van der Waals surface area contributed by atoms with Crippen LogP contribution in [0.15, 0.2) is 30.3 Å². The van der Waals surface area contributed by atoms with Crippen molar-refractivity contribution in [1.29, 1.82) is 0 Å². The number of ketones is 1. The Balaban J connectivity index is 0.000000926. The fraction of sp³-hybridized carbons (Fsp3) is 0.692. The lowest BCUT2D eigenvalue weighted by molar-refractivity contribution is -0.143. The van der Waals surface area contributed by atoms with E-state index < -0.39 is 35.5 Å². The zero-order valence-corrected chi connectivity index (χ0v) is 32.1. The van der Waals surface area contributed by atoms with E-state index in [0.29, 0.717) is 31.7 Å². The number of ether oxygens (including phenoxy) is 1. The second-order valence-corrected chi connectivity index (χ2v) is 14.9. The van der Waals surface area contributed by atoms with Gasteiger partial charge in [0.1, 0.15) is 25.2 Å². The van der Waals surface area contributed by atoms with Gasteiger partial charge < -0.3 is 31.3 Å². The molecular formula is C39H65N5O7.